The first-order valence-electron chi connectivity index (χ1n) is 6.11. The fraction of sp³-hybridized carbons (Fsp3) is 0.385. The molecular weight excluding hydrogens is 228 g/mol. The minimum Gasteiger partial charge on any atom is -0.491 e. The van der Waals surface area contributed by atoms with Crippen LogP contribution in [0.5, 0.6) is 5.75 Å². The molecule has 0 amide bonds. The molecule has 1 heterocycles. The topological polar surface area (TPSA) is 66.0 Å². The van der Waals surface area contributed by atoms with Crippen molar-refractivity contribution in [3.05, 3.63) is 35.7 Å². The van der Waals surface area contributed by atoms with Gasteiger partial charge in [-0.25, -0.2) is 4.68 Å². The van der Waals surface area contributed by atoms with Gasteiger partial charge in [-0.05, 0) is 25.5 Å². The zero-order chi connectivity index (χ0) is 13.0. The van der Waals surface area contributed by atoms with Crippen molar-refractivity contribution in [2.75, 3.05) is 6.61 Å². The maximum atomic E-state index is 5.72. The maximum Gasteiger partial charge on any atom is 0.145 e. The molecule has 0 atom stereocenters. The van der Waals surface area contributed by atoms with E-state index in [0.717, 1.165) is 29.2 Å². The third kappa shape index (κ3) is 2.36. The van der Waals surface area contributed by atoms with Gasteiger partial charge < -0.3 is 10.5 Å². The van der Waals surface area contributed by atoms with Crippen molar-refractivity contribution in [1.29, 1.82) is 0 Å². The average molecular weight is 246 g/mol. The molecule has 2 N–H and O–H groups in total. The summed E-state index contributed by atoms with van der Waals surface area (Å²) >= 11 is 0. The molecule has 1 aromatic heterocycles. The lowest BCUT2D eigenvalue weighted by molar-refractivity contribution is 0.315. The van der Waals surface area contributed by atoms with Crippen LogP contribution in [0.25, 0.3) is 5.69 Å². The summed E-state index contributed by atoms with van der Waals surface area (Å²) in [5.41, 5.74) is 8.27. The van der Waals surface area contributed by atoms with Gasteiger partial charge in [0, 0.05) is 6.54 Å². The van der Waals surface area contributed by atoms with E-state index >= 15 is 0 Å². The number of para-hydroxylation sites is 2. The highest BCUT2D eigenvalue weighted by Crippen LogP contribution is 2.23. The van der Waals surface area contributed by atoms with E-state index in [-0.39, 0.29) is 0 Å². The maximum absolute atomic E-state index is 5.72. The van der Waals surface area contributed by atoms with E-state index in [9.17, 15) is 0 Å². The molecule has 1 aromatic carbocycles. The lowest BCUT2D eigenvalue weighted by Crippen LogP contribution is -2.05. The van der Waals surface area contributed by atoms with Crippen LogP contribution in [0, 0.1) is 6.92 Å². The first-order valence-corrected chi connectivity index (χ1v) is 6.11. The Morgan fingerprint density at radius 2 is 2.11 bits per heavy atom. The monoisotopic (exact) mass is 246 g/mol. The Morgan fingerprint density at radius 3 is 2.78 bits per heavy atom. The van der Waals surface area contributed by atoms with E-state index in [1.54, 1.807) is 4.68 Å². The molecule has 0 radical (unpaired) electrons. The van der Waals surface area contributed by atoms with Crippen LogP contribution in [0.15, 0.2) is 24.3 Å². The Bertz CT molecular complexity index is 521. The largest absolute Gasteiger partial charge is 0.491 e. The Morgan fingerprint density at radius 1 is 1.33 bits per heavy atom. The first-order chi connectivity index (χ1) is 8.77. The summed E-state index contributed by atoms with van der Waals surface area (Å²) in [4.78, 5) is 0. The zero-order valence-corrected chi connectivity index (χ0v) is 10.8. The normalized spacial score (nSPS) is 10.6. The first kappa shape index (κ1) is 12.6. The van der Waals surface area contributed by atoms with Gasteiger partial charge in [0.1, 0.15) is 11.4 Å². The van der Waals surface area contributed by atoms with Crippen molar-refractivity contribution < 1.29 is 4.74 Å². The second-order valence-corrected chi connectivity index (χ2v) is 4.05. The van der Waals surface area contributed by atoms with E-state index < -0.39 is 0 Å². The highest BCUT2D eigenvalue weighted by molar-refractivity contribution is 5.47. The molecule has 2 aromatic rings. The zero-order valence-electron chi connectivity index (χ0n) is 10.8. The average Bonchev–Trinajstić information content (AvgIpc) is 2.77. The third-order valence-corrected chi connectivity index (χ3v) is 2.74. The van der Waals surface area contributed by atoms with Crippen molar-refractivity contribution in [3.63, 3.8) is 0 Å². The summed E-state index contributed by atoms with van der Waals surface area (Å²) < 4.78 is 7.49. The van der Waals surface area contributed by atoms with Crippen molar-refractivity contribution in [2.24, 2.45) is 5.73 Å². The highest BCUT2D eigenvalue weighted by Gasteiger charge is 2.12. The van der Waals surface area contributed by atoms with Crippen molar-refractivity contribution >= 4 is 0 Å². The molecule has 0 aliphatic heterocycles. The quantitative estimate of drug-likeness (QED) is 0.874. The molecule has 18 heavy (non-hydrogen) atoms. The molecule has 2 rings (SSSR count). The summed E-state index contributed by atoms with van der Waals surface area (Å²) in [5, 5.41) is 8.20. The SMILES string of the molecule is CCCOc1ccccc1-n1nnc(CN)c1C. The summed E-state index contributed by atoms with van der Waals surface area (Å²) in [6.45, 7) is 5.12. The van der Waals surface area contributed by atoms with E-state index in [4.69, 9.17) is 10.5 Å². The van der Waals surface area contributed by atoms with Gasteiger partial charge in [-0.15, -0.1) is 5.10 Å². The lowest BCUT2D eigenvalue weighted by Gasteiger charge is -2.11. The van der Waals surface area contributed by atoms with Gasteiger partial charge in [0.2, 0.25) is 0 Å². The van der Waals surface area contributed by atoms with Crippen LogP contribution in [0.1, 0.15) is 24.7 Å². The number of rotatable bonds is 5. The molecule has 0 aliphatic carbocycles. The Hall–Kier alpha value is -1.88. The number of benzene rings is 1. The lowest BCUT2D eigenvalue weighted by atomic mass is 10.2. The number of hydrogen-bond donors (Lipinski definition) is 1. The van der Waals surface area contributed by atoms with Gasteiger partial charge in [0.15, 0.2) is 0 Å². The molecule has 0 spiro atoms. The van der Waals surface area contributed by atoms with E-state index in [0.29, 0.717) is 13.2 Å². The third-order valence-electron chi connectivity index (χ3n) is 2.74. The second kappa shape index (κ2) is 5.64. The van der Waals surface area contributed by atoms with Gasteiger partial charge in [0.25, 0.3) is 0 Å². The highest BCUT2D eigenvalue weighted by atomic mass is 16.5. The minimum absolute atomic E-state index is 0.393. The Kier molecular flexibility index (Phi) is 3.94. The number of nitrogens with two attached hydrogens (primary N) is 1. The molecule has 0 bridgehead atoms. The number of aromatic nitrogens is 3. The smallest absolute Gasteiger partial charge is 0.145 e. The van der Waals surface area contributed by atoms with Gasteiger partial charge >= 0.3 is 0 Å². The summed E-state index contributed by atoms with van der Waals surface area (Å²) in [6, 6.07) is 7.81. The van der Waals surface area contributed by atoms with Crippen molar-refractivity contribution in [2.45, 2.75) is 26.8 Å². The molecule has 0 saturated heterocycles. The van der Waals surface area contributed by atoms with Gasteiger partial charge in [-0.3, -0.25) is 0 Å². The van der Waals surface area contributed by atoms with Crippen LogP contribution >= 0.6 is 0 Å². The fourth-order valence-corrected chi connectivity index (χ4v) is 1.74. The standard InChI is InChI=1S/C13H18N4O/c1-3-8-18-13-7-5-4-6-12(13)17-10(2)11(9-14)15-16-17/h4-7H,3,8-9,14H2,1-2H3. The summed E-state index contributed by atoms with van der Waals surface area (Å²) in [6.07, 6.45) is 0.971. The van der Waals surface area contributed by atoms with Crippen LogP contribution in [0.4, 0.5) is 0 Å². The van der Waals surface area contributed by atoms with Gasteiger partial charge in [-0.1, -0.05) is 24.3 Å². The predicted octanol–water partition coefficient (Wildman–Crippen LogP) is 1.82. The molecule has 96 valence electrons. The number of hydrogen-bond acceptors (Lipinski definition) is 4. The van der Waals surface area contributed by atoms with E-state index in [2.05, 4.69) is 17.2 Å². The van der Waals surface area contributed by atoms with Crippen LogP contribution in [-0.2, 0) is 6.54 Å². The Labute approximate surface area is 107 Å². The van der Waals surface area contributed by atoms with Gasteiger partial charge in [0.05, 0.1) is 18.0 Å². The van der Waals surface area contributed by atoms with Crippen molar-refractivity contribution in [3.8, 4) is 11.4 Å². The Balaban J connectivity index is 2.40. The van der Waals surface area contributed by atoms with Crippen LogP contribution < -0.4 is 10.5 Å². The van der Waals surface area contributed by atoms with E-state index in [1.165, 1.54) is 0 Å². The number of nitrogens with zero attached hydrogens (tertiary/aromatic N) is 3. The molecule has 0 aliphatic rings. The van der Waals surface area contributed by atoms with Crippen LogP contribution in [-0.4, -0.2) is 21.6 Å². The van der Waals surface area contributed by atoms with Crippen LogP contribution in [0.2, 0.25) is 0 Å². The predicted molar refractivity (Wildman–Crippen MR) is 69.8 cm³/mol. The number of ether oxygens (including phenoxy) is 1. The minimum atomic E-state index is 0.393. The van der Waals surface area contributed by atoms with Crippen molar-refractivity contribution in [1.82, 2.24) is 15.0 Å². The summed E-state index contributed by atoms with van der Waals surface area (Å²) in [7, 11) is 0. The molecule has 5 nitrogen and oxygen atoms in total. The summed E-state index contributed by atoms with van der Waals surface area (Å²) in [5.74, 6) is 0.816. The molecule has 5 heteroatoms. The van der Waals surface area contributed by atoms with Gasteiger partial charge in [-0.2, -0.15) is 0 Å². The molecular formula is C13H18N4O. The molecule has 0 unspecified atom stereocenters. The molecule has 0 saturated carbocycles. The second-order valence-electron chi connectivity index (χ2n) is 4.05. The fourth-order valence-electron chi connectivity index (χ4n) is 1.74. The van der Waals surface area contributed by atoms with E-state index in [1.807, 2.05) is 31.2 Å². The van der Waals surface area contributed by atoms with Crippen LogP contribution in [0.3, 0.4) is 0 Å². The molecule has 0 fully saturated rings.